The zero-order chi connectivity index (χ0) is 12.5. The van der Waals surface area contributed by atoms with E-state index in [2.05, 4.69) is 17.6 Å². The zero-order valence-electron chi connectivity index (χ0n) is 10.4. The monoisotopic (exact) mass is 253 g/mol. The molecule has 0 atom stereocenters. The highest BCUT2D eigenvalue weighted by atomic mass is 32.1. The lowest BCUT2D eigenvalue weighted by Crippen LogP contribution is -2.29. The summed E-state index contributed by atoms with van der Waals surface area (Å²) < 4.78 is 1.94. The second-order valence-corrected chi connectivity index (χ2v) is 5.36. The summed E-state index contributed by atoms with van der Waals surface area (Å²) in [6.07, 6.45) is 6.54. The summed E-state index contributed by atoms with van der Waals surface area (Å²) >= 11 is 4.32. The van der Waals surface area contributed by atoms with Gasteiger partial charge in [0.2, 0.25) is 5.91 Å². The molecule has 0 bridgehead atoms. The van der Waals surface area contributed by atoms with Gasteiger partial charge in [-0.05, 0) is 24.0 Å². The van der Waals surface area contributed by atoms with E-state index in [-0.39, 0.29) is 11.3 Å². The molecular formula is C12H19N3OS. The highest BCUT2D eigenvalue weighted by Crippen LogP contribution is 2.49. The Hall–Kier alpha value is -0.970. The number of carbonyl (C=O) groups excluding carboxylic acids is 1. The van der Waals surface area contributed by atoms with Gasteiger partial charge in [-0.15, -0.1) is 0 Å². The average molecular weight is 253 g/mol. The third-order valence-corrected chi connectivity index (χ3v) is 4.21. The van der Waals surface area contributed by atoms with Gasteiger partial charge in [-0.25, -0.2) is 4.98 Å². The summed E-state index contributed by atoms with van der Waals surface area (Å²) in [6, 6.07) is 0. The third kappa shape index (κ3) is 2.83. The van der Waals surface area contributed by atoms with E-state index < -0.39 is 0 Å². The normalized spacial score (nSPS) is 16.9. The molecule has 1 fully saturated rings. The molecular weight excluding hydrogens is 234 g/mol. The number of imidazole rings is 1. The fourth-order valence-electron chi connectivity index (χ4n) is 1.87. The molecule has 0 spiro atoms. The fourth-order valence-corrected chi connectivity index (χ4v) is 2.30. The van der Waals surface area contributed by atoms with Gasteiger partial charge in [0.15, 0.2) is 0 Å². The highest BCUT2D eigenvalue weighted by Gasteiger charge is 2.43. The van der Waals surface area contributed by atoms with Crippen LogP contribution < -0.4 is 0 Å². The quantitative estimate of drug-likeness (QED) is 0.807. The van der Waals surface area contributed by atoms with Crippen molar-refractivity contribution in [2.24, 2.45) is 12.5 Å². The van der Waals surface area contributed by atoms with Crippen LogP contribution in [-0.2, 0) is 18.4 Å². The Morgan fingerprint density at radius 1 is 1.65 bits per heavy atom. The molecule has 17 heavy (non-hydrogen) atoms. The minimum atomic E-state index is 0.191. The van der Waals surface area contributed by atoms with Gasteiger partial charge in [-0.2, -0.15) is 12.6 Å². The summed E-state index contributed by atoms with van der Waals surface area (Å²) in [5.74, 6) is 1.92. The molecule has 1 aliphatic carbocycles. The standard InChI is InChI=1S/C12H19N3OS/c1-14-6-5-13-10(14)8-15(2)11(16)7-12(9-17)3-4-12/h5-6,17H,3-4,7-9H2,1-2H3. The molecule has 0 saturated heterocycles. The van der Waals surface area contributed by atoms with E-state index in [0.717, 1.165) is 24.4 Å². The van der Waals surface area contributed by atoms with Crippen LogP contribution in [0.4, 0.5) is 0 Å². The van der Waals surface area contributed by atoms with Crippen LogP contribution >= 0.6 is 12.6 Å². The van der Waals surface area contributed by atoms with Gasteiger partial charge in [0, 0.05) is 32.9 Å². The molecule has 1 aliphatic rings. The van der Waals surface area contributed by atoms with Crippen LogP contribution in [0.1, 0.15) is 25.1 Å². The third-order valence-electron chi connectivity index (χ3n) is 3.54. The first-order valence-electron chi connectivity index (χ1n) is 5.87. The van der Waals surface area contributed by atoms with E-state index >= 15 is 0 Å². The maximum absolute atomic E-state index is 12.1. The Kier molecular flexibility index (Phi) is 3.47. The molecule has 1 saturated carbocycles. The van der Waals surface area contributed by atoms with Crippen molar-refractivity contribution >= 4 is 18.5 Å². The van der Waals surface area contributed by atoms with Crippen molar-refractivity contribution in [3.8, 4) is 0 Å². The second kappa shape index (κ2) is 4.72. The van der Waals surface area contributed by atoms with Crippen LogP contribution in [0.15, 0.2) is 12.4 Å². The van der Waals surface area contributed by atoms with Gasteiger partial charge in [0.05, 0.1) is 6.54 Å². The number of hydrogen-bond donors (Lipinski definition) is 1. The minimum Gasteiger partial charge on any atom is -0.338 e. The van der Waals surface area contributed by atoms with Gasteiger partial charge in [-0.3, -0.25) is 4.79 Å². The van der Waals surface area contributed by atoms with Gasteiger partial charge in [0.1, 0.15) is 5.82 Å². The lowest BCUT2D eigenvalue weighted by molar-refractivity contribution is -0.131. The molecule has 0 radical (unpaired) electrons. The molecule has 0 N–H and O–H groups in total. The first kappa shape index (κ1) is 12.5. The maximum Gasteiger partial charge on any atom is 0.223 e. The van der Waals surface area contributed by atoms with E-state index in [1.54, 1.807) is 11.1 Å². The van der Waals surface area contributed by atoms with Crippen molar-refractivity contribution in [1.82, 2.24) is 14.5 Å². The average Bonchev–Trinajstić information content (AvgIpc) is 2.97. The Morgan fingerprint density at radius 2 is 2.35 bits per heavy atom. The molecule has 1 aromatic heterocycles. The Bertz CT molecular complexity index is 412. The molecule has 5 heteroatoms. The molecule has 0 aromatic carbocycles. The number of rotatable bonds is 5. The Morgan fingerprint density at radius 3 is 2.82 bits per heavy atom. The number of aromatic nitrogens is 2. The van der Waals surface area contributed by atoms with Crippen molar-refractivity contribution in [3.63, 3.8) is 0 Å². The zero-order valence-corrected chi connectivity index (χ0v) is 11.3. The summed E-state index contributed by atoms with van der Waals surface area (Å²) in [5, 5.41) is 0. The molecule has 2 rings (SSSR count). The lowest BCUT2D eigenvalue weighted by atomic mass is 10.0. The predicted molar refractivity (Wildman–Crippen MR) is 69.8 cm³/mol. The summed E-state index contributed by atoms with van der Waals surface area (Å²) in [7, 11) is 3.78. The van der Waals surface area contributed by atoms with Crippen molar-refractivity contribution in [3.05, 3.63) is 18.2 Å². The van der Waals surface area contributed by atoms with Crippen LogP contribution in [0, 0.1) is 5.41 Å². The van der Waals surface area contributed by atoms with Crippen molar-refractivity contribution in [2.45, 2.75) is 25.8 Å². The first-order valence-corrected chi connectivity index (χ1v) is 6.51. The lowest BCUT2D eigenvalue weighted by Gasteiger charge is -2.20. The fraction of sp³-hybridized carbons (Fsp3) is 0.667. The summed E-state index contributed by atoms with van der Waals surface area (Å²) in [6.45, 7) is 0.574. The van der Waals surface area contributed by atoms with Crippen LogP contribution in [0.2, 0.25) is 0 Å². The Balaban J connectivity index is 1.90. The van der Waals surface area contributed by atoms with Crippen LogP contribution in [0.5, 0.6) is 0 Å². The predicted octanol–water partition coefficient (Wildman–Crippen LogP) is 1.48. The van der Waals surface area contributed by atoms with Crippen molar-refractivity contribution in [1.29, 1.82) is 0 Å². The number of amides is 1. The molecule has 0 unspecified atom stereocenters. The molecule has 1 aromatic rings. The van der Waals surface area contributed by atoms with Crippen molar-refractivity contribution < 1.29 is 4.79 Å². The maximum atomic E-state index is 12.1. The van der Waals surface area contributed by atoms with Crippen LogP contribution in [0.25, 0.3) is 0 Å². The van der Waals surface area contributed by atoms with Gasteiger partial charge < -0.3 is 9.47 Å². The first-order chi connectivity index (χ1) is 8.06. The van der Waals surface area contributed by atoms with Crippen molar-refractivity contribution in [2.75, 3.05) is 12.8 Å². The smallest absolute Gasteiger partial charge is 0.223 e. The number of nitrogens with zero attached hydrogens (tertiary/aromatic N) is 3. The largest absolute Gasteiger partial charge is 0.338 e. The van der Waals surface area contributed by atoms with E-state index in [4.69, 9.17) is 0 Å². The van der Waals surface area contributed by atoms with E-state index in [1.807, 2.05) is 24.9 Å². The van der Waals surface area contributed by atoms with Crippen LogP contribution in [0.3, 0.4) is 0 Å². The highest BCUT2D eigenvalue weighted by molar-refractivity contribution is 7.80. The summed E-state index contributed by atoms with van der Waals surface area (Å²) in [4.78, 5) is 18.0. The van der Waals surface area contributed by atoms with E-state index in [1.165, 1.54) is 0 Å². The van der Waals surface area contributed by atoms with Gasteiger partial charge in [-0.1, -0.05) is 0 Å². The Labute approximate surface area is 107 Å². The molecule has 1 heterocycles. The molecule has 94 valence electrons. The van der Waals surface area contributed by atoms with Crippen LogP contribution in [-0.4, -0.2) is 33.2 Å². The molecule has 4 nitrogen and oxygen atoms in total. The number of carbonyl (C=O) groups is 1. The SMILES string of the molecule is CN(Cc1nccn1C)C(=O)CC1(CS)CC1. The second-order valence-electron chi connectivity index (χ2n) is 5.04. The molecule has 1 amide bonds. The number of thiol groups is 1. The van der Waals surface area contributed by atoms with E-state index in [0.29, 0.717) is 13.0 Å². The minimum absolute atomic E-state index is 0.191. The number of aryl methyl sites for hydroxylation is 1. The molecule has 0 aliphatic heterocycles. The number of hydrogen-bond acceptors (Lipinski definition) is 3. The summed E-state index contributed by atoms with van der Waals surface area (Å²) in [5.41, 5.74) is 0.191. The van der Waals surface area contributed by atoms with E-state index in [9.17, 15) is 4.79 Å². The van der Waals surface area contributed by atoms with Gasteiger partial charge in [0.25, 0.3) is 0 Å². The van der Waals surface area contributed by atoms with Gasteiger partial charge >= 0.3 is 0 Å². The topological polar surface area (TPSA) is 38.1 Å².